The van der Waals surface area contributed by atoms with Gasteiger partial charge in [0.25, 0.3) is 0 Å². The molecule has 2 heterocycles. The van der Waals surface area contributed by atoms with Crippen molar-refractivity contribution >= 4 is 18.0 Å². The number of nitrogens with zero attached hydrogens (tertiary/aromatic N) is 3. The van der Waals surface area contributed by atoms with Gasteiger partial charge in [0.15, 0.2) is 6.41 Å². The Morgan fingerprint density at radius 2 is 1.44 bits per heavy atom. The molecule has 0 aliphatic carbocycles. The van der Waals surface area contributed by atoms with E-state index in [9.17, 15) is 4.79 Å². The van der Waals surface area contributed by atoms with Crippen molar-refractivity contribution in [1.29, 1.82) is 0 Å². The largest absolute Gasteiger partial charge is 1.00 e. The predicted molar refractivity (Wildman–Crippen MR) is 56.3 cm³/mol. The molecule has 0 saturated heterocycles. The summed E-state index contributed by atoms with van der Waals surface area (Å²) in [6.45, 7) is 0. The van der Waals surface area contributed by atoms with Crippen molar-refractivity contribution in [3.63, 3.8) is 0 Å². The molecule has 0 aromatic carbocycles. The van der Waals surface area contributed by atoms with Crippen molar-refractivity contribution in [1.82, 2.24) is 9.97 Å². The Bertz CT molecular complexity index is 396. The molecular formula is C11H8AuN3O. The molecule has 0 N–H and O–H groups in total. The second-order valence-electron chi connectivity index (χ2n) is 2.80. The first-order valence-electron chi connectivity index (χ1n) is 4.42. The van der Waals surface area contributed by atoms with Gasteiger partial charge in [-0.2, -0.15) is 0 Å². The number of anilines is 2. The molecule has 2 aromatic heterocycles. The minimum Gasteiger partial charge on any atom is -0.413 e. The van der Waals surface area contributed by atoms with E-state index in [1.807, 2.05) is 0 Å². The van der Waals surface area contributed by atoms with Gasteiger partial charge in [-0.05, 0) is 12.1 Å². The van der Waals surface area contributed by atoms with Crippen LogP contribution in [0.2, 0.25) is 0 Å². The molecule has 0 saturated carbocycles. The smallest absolute Gasteiger partial charge is 0.413 e. The number of hydrogen-bond acceptors (Lipinski definition) is 3. The number of hydrogen-bond donors (Lipinski definition) is 0. The summed E-state index contributed by atoms with van der Waals surface area (Å²) >= 11 is 0. The van der Waals surface area contributed by atoms with Gasteiger partial charge >= 0.3 is 22.4 Å². The summed E-state index contributed by atoms with van der Waals surface area (Å²) < 4.78 is 0. The fourth-order valence-corrected chi connectivity index (χ4v) is 1.18. The molecule has 2 aromatic rings. The van der Waals surface area contributed by atoms with E-state index in [-0.39, 0.29) is 22.4 Å². The summed E-state index contributed by atoms with van der Waals surface area (Å²) in [5.41, 5.74) is 0. The second-order valence-corrected chi connectivity index (χ2v) is 2.80. The molecule has 0 atom stereocenters. The zero-order valence-corrected chi connectivity index (χ0v) is 10.3. The number of aromatic nitrogens is 2. The fourth-order valence-electron chi connectivity index (χ4n) is 1.18. The third-order valence-electron chi connectivity index (χ3n) is 1.85. The van der Waals surface area contributed by atoms with Crippen LogP contribution in [0.1, 0.15) is 0 Å². The molecule has 16 heavy (non-hydrogen) atoms. The molecule has 0 fully saturated rings. The molecule has 0 spiro atoms. The number of rotatable bonds is 3. The number of pyridine rings is 2. The zero-order chi connectivity index (χ0) is 10.5. The van der Waals surface area contributed by atoms with E-state index in [1.54, 1.807) is 55.2 Å². The molecule has 4 nitrogen and oxygen atoms in total. The van der Waals surface area contributed by atoms with Gasteiger partial charge in [-0.25, -0.2) is 0 Å². The van der Waals surface area contributed by atoms with Gasteiger partial charge in [0.1, 0.15) is 0 Å². The SMILES string of the molecule is O=[C-]N(c1ccccn1)c1ccccn1.[Au+]. The maximum atomic E-state index is 10.8. The van der Waals surface area contributed by atoms with Gasteiger partial charge in [-0.1, -0.05) is 24.3 Å². The van der Waals surface area contributed by atoms with E-state index in [1.165, 1.54) is 4.90 Å². The van der Waals surface area contributed by atoms with Crippen LogP contribution in [0.4, 0.5) is 11.6 Å². The first kappa shape index (κ1) is 12.6. The summed E-state index contributed by atoms with van der Waals surface area (Å²) in [7, 11) is 0. The first-order valence-corrected chi connectivity index (χ1v) is 4.42. The van der Waals surface area contributed by atoms with Gasteiger partial charge in [0.05, 0.1) is 0 Å². The zero-order valence-electron chi connectivity index (χ0n) is 8.17. The van der Waals surface area contributed by atoms with Crippen molar-refractivity contribution in [2.45, 2.75) is 0 Å². The summed E-state index contributed by atoms with van der Waals surface area (Å²) in [6.07, 6.45) is 5.02. The van der Waals surface area contributed by atoms with Gasteiger partial charge in [-0.3, -0.25) is 0 Å². The predicted octanol–water partition coefficient (Wildman–Crippen LogP) is 1.68. The topological polar surface area (TPSA) is 46.1 Å². The average Bonchev–Trinajstić information content (AvgIpc) is 2.33. The summed E-state index contributed by atoms with van der Waals surface area (Å²) in [5, 5.41) is 0. The Hall–Kier alpha value is -1.49. The van der Waals surface area contributed by atoms with Crippen LogP contribution >= 0.6 is 0 Å². The van der Waals surface area contributed by atoms with Gasteiger partial charge in [0.2, 0.25) is 0 Å². The van der Waals surface area contributed by atoms with E-state index in [0.717, 1.165) is 0 Å². The Morgan fingerprint density at radius 1 is 0.938 bits per heavy atom. The van der Waals surface area contributed by atoms with Crippen LogP contribution in [0.3, 0.4) is 0 Å². The Balaban J connectivity index is 0.00000128. The Kier molecular flexibility index (Phi) is 4.85. The molecule has 0 bridgehead atoms. The van der Waals surface area contributed by atoms with Crippen LogP contribution in [0.25, 0.3) is 0 Å². The van der Waals surface area contributed by atoms with Gasteiger partial charge < -0.3 is 19.7 Å². The van der Waals surface area contributed by atoms with Gasteiger partial charge in [-0.15, -0.1) is 0 Å². The molecule has 0 radical (unpaired) electrons. The standard InChI is InChI=1S/C11H8N3O.Au/c15-9-14(10-5-1-3-7-12-10)11-6-2-4-8-13-11;/h1-8H;/q-1;+1. The quantitative estimate of drug-likeness (QED) is 0.452. The summed E-state index contributed by atoms with van der Waals surface area (Å²) in [4.78, 5) is 20.2. The average molecular weight is 395 g/mol. The van der Waals surface area contributed by atoms with Crippen LogP contribution in [0.15, 0.2) is 48.8 Å². The molecule has 0 aliphatic rings. The monoisotopic (exact) mass is 395 g/mol. The molecule has 1 amide bonds. The van der Waals surface area contributed by atoms with Crippen molar-refractivity contribution < 1.29 is 27.2 Å². The fraction of sp³-hybridized carbons (Fsp3) is 0. The summed E-state index contributed by atoms with van der Waals surface area (Å²) in [5.74, 6) is 1.01. The van der Waals surface area contributed by atoms with Crippen LogP contribution in [-0.4, -0.2) is 16.4 Å². The van der Waals surface area contributed by atoms with Crippen molar-refractivity contribution in [2.24, 2.45) is 0 Å². The van der Waals surface area contributed by atoms with E-state index < -0.39 is 0 Å². The maximum Gasteiger partial charge on any atom is 1.00 e. The Labute approximate surface area is 109 Å². The minimum atomic E-state index is 0. The molecular weight excluding hydrogens is 387 g/mol. The second kappa shape index (κ2) is 6.17. The normalized spacial score (nSPS) is 9.00. The molecule has 0 unspecified atom stereocenters. The minimum absolute atomic E-state index is 0. The van der Waals surface area contributed by atoms with E-state index >= 15 is 0 Å². The molecule has 0 aliphatic heterocycles. The molecule has 2 rings (SSSR count). The van der Waals surface area contributed by atoms with Crippen molar-refractivity contribution in [2.75, 3.05) is 4.90 Å². The summed E-state index contributed by atoms with van der Waals surface area (Å²) in [6, 6.07) is 10.6. The van der Waals surface area contributed by atoms with Crippen molar-refractivity contribution in [3.05, 3.63) is 48.8 Å². The van der Waals surface area contributed by atoms with Crippen LogP contribution in [0.5, 0.6) is 0 Å². The van der Waals surface area contributed by atoms with Crippen LogP contribution in [-0.2, 0) is 27.2 Å². The van der Waals surface area contributed by atoms with E-state index in [0.29, 0.717) is 11.6 Å². The van der Waals surface area contributed by atoms with Crippen LogP contribution < -0.4 is 4.90 Å². The molecule has 84 valence electrons. The Morgan fingerprint density at radius 3 is 1.75 bits per heavy atom. The number of amides is 1. The van der Waals surface area contributed by atoms with E-state index in [2.05, 4.69) is 9.97 Å². The molecule has 5 heteroatoms. The first-order chi connectivity index (χ1) is 7.42. The third-order valence-corrected chi connectivity index (χ3v) is 1.85. The van der Waals surface area contributed by atoms with Crippen LogP contribution in [0, 0.1) is 0 Å². The van der Waals surface area contributed by atoms with Gasteiger partial charge in [0, 0.05) is 24.0 Å². The maximum absolute atomic E-state index is 10.8. The third kappa shape index (κ3) is 2.76. The van der Waals surface area contributed by atoms with Crippen molar-refractivity contribution in [3.8, 4) is 0 Å². The number of carbonyl (C=O) groups excluding carboxylic acids is 1. The van der Waals surface area contributed by atoms with E-state index in [4.69, 9.17) is 0 Å².